The van der Waals surface area contributed by atoms with Gasteiger partial charge in [0.05, 0.1) is 18.8 Å². The van der Waals surface area contributed by atoms with Gasteiger partial charge in [0.15, 0.2) is 0 Å². The number of ether oxygens (including phenoxy) is 2. The number of hydrogen-bond acceptors (Lipinski definition) is 5. The highest BCUT2D eigenvalue weighted by Gasteiger charge is 2.40. The van der Waals surface area contributed by atoms with E-state index >= 15 is 0 Å². The molecule has 1 saturated carbocycles. The van der Waals surface area contributed by atoms with Crippen LogP contribution in [0.4, 0.5) is 5.95 Å². The maximum Gasteiger partial charge on any atom is 0.226 e. The zero-order valence-electron chi connectivity index (χ0n) is 11.6. The predicted octanol–water partition coefficient (Wildman–Crippen LogP) is 2.16. The molecule has 19 heavy (non-hydrogen) atoms. The predicted molar refractivity (Wildman–Crippen MR) is 72.4 cm³/mol. The SMILES string of the molecule is CCOc1cc(C)nc(NC2CCOC2C2CC2)n1. The molecule has 1 aliphatic carbocycles. The molecule has 0 aromatic carbocycles. The van der Waals surface area contributed by atoms with Crippen molar-refractivity contribution in [2.45, 2.75) is 45.3 Å². The Kier molecular flexibility index (Phi) is 3.55. The number of nitrogens with one attached hydrogen (secondary N) is 1. The summed E-state index contributed by atoms with van der Waals surface area (Å²) in [7, 11) is 0. The third kappa shape index (κ3) is 2.97. The van der Waals surface area contributed by atoms with Crippen LogP contribution in [0.2, 0.25) is 0 Å². The van der Waals surface area contributed by atoms with Crippen LogP contribution in [0, 0.1) is 12.8 Å². The highest BCUT2D eigenvalue weighted by molar-refractivity contribution is 5.32. The van der Waals surface area contributed by atoms with Gasteiger partial charge in [0, 0.05) is 18.4 Å². The topological polar surface area (TPSA) is 56.3 Å². The van der Waals surface area contributed by atoms with E-state index in [2.05, 4.69) is 15.3 Å². The average Bonchev–Trinajstić information content (AvgIpc) is 3.10. The number of aryl methyl sites for hydroxylation is 1. The second-order valence-corrected chi connectivity index (χ2v) is 5.32. The van der Waals surface area contributed by atoms with Crippen molar-refractivity contribution in [3.05, 3.63) is 11.8 Å². The molecule has 2 unspecified atom stereocenters. The molecule has 1 N–H and O–H groups in total. The van der Waals surface area contributed by atoms with E-state index in [0.717, 1.165) is 24.6 Å². The molecule has 2 atom stereocenters. The molecule has 1 aromatic rings. The first kappa shape index (κ1) is 12.7. The van der Waals surface area contributed by atoms with Gasteiger partial charge in [-0.05, 0) is 39.0 Å². The van der Waals surface area contributed by atoms with Crippen LogP contribution in [0.5, 0.6) is 5.88 Å². The van der Waals surface area contributed by atoms with E-state index in [0.29, 0.717) is 30.6 Å². The molecule has 3 rings (SSSR count). The average molecular weight is 263 g/mol. The van der Waals surface area contributed by atoms with Gasteiger partial charge in [-0.25, -0.2) is 4.98 Å². The minimum absolute atomic E-state index is 0.333. The van der Waals surface area contributed by atoms with E-state index in [1.54, 1.807) is 0 Å². The fourth-order valence-electron chi connectivity index (χ4n) is 2.65. The quantitative estimate of drug-likeness (QED) is 0.882. The molecule has 1 saturated heterocycles. The molecule has 0 radical (unpaired) electrons. The summed E-state index contributed by atoms with van der Waals surface area (Å²) in [5, 5.41) is 3.42. The minimum atomic E-state index is 0.333. The standard InChI is InChI=1S/C14H21N3O2/c1-3-18-12-8-9(2)15-14(17-12)16-11-6-7-19-13(11)10-4-5-10/h8,10-11,13H,3-7H2,1-2H3,(H,15,16,17). The first-order valence-corrected chi connectivity index (χ1v) is 7.13. The van der Waals surface area contributed by atoms with E-state index in [9.17, 15) is 0 Å². The van der Waals surface area contributed by atoms with Crippen molar-refractivity contribution < 1.29 is 9.47 Å². The van der Waals surface area contributed by atoms with E-state index in [-0.39, 0.29) is 0 Å². The number of rotatable bonds is 5. The molecule has 0 amide bonds. The smallest absolute Gasteiger partial charge is 0.226 e. The first-order valence-electron chi connectivity index (χ1n) is 7.13. The lowest BCUT2D eigenvalue weighted by molar-refractivity contribution is 0.0897. The molecule has 5 nitrogen and oxygen atoms in total. The van der Waals surface area contributed by atoms with Crippen molar-refractivity contribution in [2.24, 2.45) is 5.92 Å². The van der Waals surface area contributed by atoms with E-state index < -0.39 is 0 Å². The Labute approximate surface area is 113 Å². The Morgan fingerprint density at radius 3 is 2.95 bits per heavy atom. The number of nitrogens with zero attached hydrogens (tertiary/aromatic N) is 2. The maximum atomic E-state index is 5.82. The van der Waals surface area contributed by atoms with Gasteiger partial charge < -0.3 is 14.8 Å². The lowest BCUT2D eigenvalue weighted by atomic mass is 10.1. The van der Waals surface area contributed by atoms with Crippen molar-refractivity contribution >= 4 is 5.95 Å². The Morgan fingerprint density at radius 1 is 1.37 bits per heavy atom. The van der Waals surface area contributed by atoms with Gasteiger partial charge >= 0.3 is 0 Å². The zero-order chi connectivity index (χ0) is 13.2. The highest BCUT2D eigenvalue weighted by Crippen LogP contribution is 2.39. The molecule has 0 bridgehead atoms. The fraction of sp³-hybridized carbons (Fsp3) is 0.714. The van der Waals surface area contributed by atoms with Crippen LogP contribution in [0.25, 0.3) is 0 Å². The van der Waals surface area contributed by atoms with Gasteiger partial charge in [-0.1, -0.05) is 0 Å². The molecule has 2 heterocycles. The minimum Gasteiger partial charge on any atom is -0.478 e. The molecular formula is C14H21N3O2. The van der Waals surface area contributed by atoms with Gasteiger partial charge in [0.25, 0.3) is 0 Å². The molecular weight excluding hydrogens is 242 g/mol. The fourth-order valence-corrected chi connectivity index (χ4v) is 2.65. The largest absolute Gasteiger partial charge is 0.478 e. The summed E-state index contributed by atoms with van der Waals surface area (Å²) < 4.78 is 11.3. The van der Waals surface area contributed by atoms with Crippen LogP contribution in [0.3, 0.4) is 0 Å². The molecule has 5 heteroatoms. The monoisotopic (exact) mass is 263 g/mol. The summed E-state index contributed by atoms with van der Waals surface area (Å²) in [5.41, 5.74) is 0.919. The number of anilines is 1. The van der Waals surface area contributed by atoms with Crippen LogP contribution >= 0.6 is 0 Å². The molecule has 1 aromatic heterocycles. The van der Waals surface area contributed by atoms with Crippen molar-refractivity contribution in [1.29, 1.82) is 0 Å². The second kappa shape index (κ2) is 5.33. The summed E-state index contributed by atoms with van der Waals surface area (Å²) in [4.78, 5) is 8.84. The van der Waals surface area contributed by atoms with E-state index in [1.807, 2.05) is 19.9 Å². The molecule has 0 spiro atoms. The highest BCUT2D eigenvalue weighted by atomic mass is 16.5. The number of aromatic nitrogens is 2. The summed E-state index contributed by atoms with van der Waals surface area (Å²) in [6, 6.07) is 2.20. The third-order valence-corrected chi connectivity index (χ3v) is 3.66. The van der Waals surface area contributed by atoms with Gasteiger partial charge in [-0.3, -0.25) is 0 Å². The molecule has 104 valence electrons. The van der Waals surface area contributed by atoms with Gasteiger partial charge in [0.2, 0.25) is 11.8 Å². The summed E-state index contributed by atoms with van der Waals surface area (Å²) in [6.45, 7) is 5.37. The van der Waals surface area contributed by atoms with Gasteiger partial charge in [-0.15, -0.1) is 0 Å². The van der Waals surface area contributed by atoms with Crippen molar-refractivity contribution in [1.82, 2.24) is 9.97 Å². The van der Waals surface area contributed by atoms with Gasteiger partial charge in [0.1, 0.15) is 0 Å². The molecule has 2 fully saturated rings. The first-order chi connectivity index (χ1) is 9.26. The Balaban J connectivity index is 1.71. The normalized spacial score (nSPS) is 26.4. The van der Waals surface area contributed by atoms with E-state index in [4.69, 9.17) is 9.47 Å². The summed E-state index contributed by atoms with van der Waals surface area (Å²) in [5.74, 6) is 2.03. The van der Waals surface area contributed by atoms with E-state index in [1.165, 1.54) is 12.8 Å². The number of hydrogen-bond donors (Lipinski definition) is 1. The Morgan fingerprint density at radius 2 is 2.21 bits per heavy atom. The third-order valence-electron chi connectivity index (χ3n) is 3.66. The van der Waals surface area contributed by atoms with Crippen molar-refractivity contribution in [3.8, 4) is 5.88 Å². The van der Waals surface area contributed by atoms with Crippen LogP contribution < -0.4 is 10.1 Å². The van der Waals surface area contributed by atoms with Crippen LogP contribution in [0.1, 0.15) is 31.9 Å². The lowest BCUT2D eigenvalue weighted by Crippen LogP contribution is -2.31. The summed E-state index contributed by atoms with van der Waals surface area (Å²) in [6.07, 6.45) is 3.95. The Bertz CT molecular complexity index is 448. The molecule has 1 aliphatic heterocycles. The summed E-state index contributed by atoms with van der Waals surface area (Å²) >= 11 is 0. The second-order valence-electron chi connectivity index (χ2n) is 5.32. The Hall–Kier alpha value is -1.36. The van der Waals surface area contributed by atoms with Crippen LogP contribution in [-0.2, 0) is 4.74 Å². The molecule has 2 aliphatic rings. The van der Waals surface area contributed by atoms with Crippen LogP contribution in [0.15, 0.2) is 6.07 Å². The zero-order valence-corrected chi connectivity index (χ0v) is 11.6. The van der Waals surface area contributed by atoms with Gasteiger partial charge in [-0.2, -0.15) is 4.98 Å². The van der Waals surface area contributed by atoms with Crippen molar-refractivity contribution in [2.75, 3.05) is 18.5 Å². The maximum absolute atomic E-state index is 5.82. The van der Waals surface area contributed by atoms with Crippen molar-refractivity contribution in [3.63, 3.8) is 0 Å². The van der Waals surface area contributed by atoms with Crippen LogP contribution in [-0.4, -0.2) is 35.3 Å². The lowest BCUT2D eigenvalue weighted by Gasteiger charge is -2.19.